The highest BCUT2D eigenvalue weighted by molar-refractivity contribution is 5.67. The van der Waals surface area contributed by atoms with Crippen LogP contribution in [0.25, 0.3) is 17.2 Å². The lowest BCUT2D eigenvalue weighted by Crippen LogP contribution is -2.13. The highest BCUT2D eigenvalue weighted by atomic mass is 19.2. The molecule has 1 fully saturated rings. The maximum absolute atomic E-state index is 14.6. The molecule has 0 spiro atoms. The van der Waals surface area contributed by atoms with E-state index in [0.717, 1.165) is 25.7 Å². The molecule has 0 radical (unpaired) electrons. The number of hydrogen-bond donors (Lipinski definition) is 0. The minimum atomic E-state index is -0.858. The molecule has 0 bridgehead atoms. The van der Waals surface area contributed by atoms with Crippen molar-refractivity contribution in [3.63, 3.8) is 0 Å². The van der Waals surface area contributed by atoms with Gasteiger partial charge in [-0.25, -0.2) is 17.6 Å². The fourth-order valence-corrected chi connectivity index (χ4v) is 4.37. The maximum Gasteiger partial charge on any atom is 0.167 e. The van der Waals surface area contributed by atoms with Crippen molar-refractivity contribution < 1.29 is 17.6 Å². The number of hydrogen-bond acceptors (Lipinski definition) is 0. The van der Waals surface area contributed by atoms with Crippen LogP contribution in [0.1, 0.15) is 48.3 Å². The van der Waals surface area contributed by atoms with Gasteiger partial charge in [0.25, 0.3) is 0 Å². The molecule has 1 saturated carbocycles. The zero-order valence-corrected chi connectivity index (χ0v) is 17.3. The van der Waals surface area contributed by atoms with Gasteiger partial charge in [-0.1, -0.05) is 66.7 Å². The molecule has 3 aromatic rings. The molecule has 0 aromatic heterocycles. The van der Waals surface area contributed by atoms with Crippen LogP contribution in [0.3, 0.4) is 0 Å². The monoisotopic (exact) mass is 424 g/mol. The van der Waals surface area contributed by atoms with Crippen molar-refractivity contribution in [2.75, 3.05) is 0 Å². The summed E-state index contributed by atoms with van der Waals surface area (Å²) in [7, 11) is 0. The SMILES string of the molecule is Cc1ccc(C2CCC(C=Cc3ccc(-c4ccccc4)c(F)c3F)CC2)c(F)c1F. The molecule has 0 aliphatic heterocycles. The van der Waals surface area contributed by atoms with E-state index in [1.807, 2.05) is 12.1 Å². The summed E-state index contributed by atoms with van der Waals surface area (Å²) in [6, 6.07) is 15.4. The number of allylic oxidation sites excluding steroid dienone is 1. The van der Waals surface area contributed by atoms with E-state index in [1.54, 1.807) is 61.5 Å². The molecule has 0 saturated heterocycles. The van der Waals surface area contributed by atoms with Crippen LogP contribution in [0.15, 0.2) is 60.7 Å². The van der Waals surface area contributed by atoms with Gasteiger partial charge in [0.15, 0.2) is 23.3 Å². The first-order chi connectivity index (χ1) is 15.0. The smallest absolute Gasteiger partial charge is 0.167 e. The van der Waals surface area contributed by atoms with Gasteiger partial charge in [-0.2, -0.15) is 0 Å². The second-order valence-electron chi connectivity index (χ2n) is 8.27. The van der Waals surface area contributed by atoms with E-state index in [2.05, 4.69) is 0 Å². The summed E-state index contributed by atoms with van der Waals surface area (Å²) in [5.41, 5.74) is 1.84. The van der Waals surface area contributed by atoms with Crippen molar-refractivity contribution in [2.45, 2.75) is 38.5 Å². The minimum absolute atomic E-state index is 0.0147. The second kappa shape index (κ2) is 9.09. The maximum atomic E-state index is 14.6. The molecule has 3 aromatic carbocycles. The van der Waals surface area contributed by atoms with Gasteiger partial charge in [0.1, 0.15) is 0 Å². The Morgan fingerprint density at radius 2 is 1.42 bits per heavy atom. The molecular weight excluding hydrogens is 400 g/mol. The van der Waals surface area contributed by atoms with E-state index in [-0.39, 0.29) is 23.0 Å². The molecule has 1 aliphatic rings. The van der Waals surface area contributed by atoms with E-state index in [4.69, 9.17) is 0 Å². The molecule has 1 aliphatic carbocycles. The Morgan fingerprint density at radius 1 is 0.710 bits per heavy atom. The molecule has 0 unspecified atom stereocenters. The van der Waals surface area contributed by atoms with E-state index in [1.165, 1.54) is 0 Å². The van der Waals surface area contributed by atoms with Crippen molar-refractivity contribution in [1.29, 1.82) is 0 Å². The number of aryl methyl sites for hydroxylation is 1. The lowest BCUT2D eigenvalue weighted by molar-refractivity contribution is 0.364. The van der Waals surface area contributed by atoms with Gasteiger partial charge in [-0.05, 0) is 61.1 Å². The van der Waals surface area contributed by atoms with Crippen LogP contribution >= 0.6 is 0 Å². The summed E-state index contributed by atoms with van der Waals surface area (Å²) in [4.78, 5) is 0. The van der Waals surface area contributed by atoms with Crippen LogP contribution in [0.4, 0.5) is 17.6 Å². The molecule has 31 heavy (non-hydrogen) atoms. The van der Waals surface area contributed by atoms with Gasteiger partial charge in [0, 0.05) is 11.1 Å². The van der Waals surface area contributed by atoms with Crippen LogP contribution in [0.5, 0.6) is 0 Å². The Bertz CT molecular complexity index is 1090. The van der Waals surface area contributed by atoms with Gasteiger partial charge in [-0.15, -0.1) is 0 Å². The third kappa shape index (κ3) is 4.43. The normalized spacial score (nSPS) is 19.1. The second-order valence-corrected chi connectivity index (χ2v) is 8.27. The number of rotatable bonds is 4. The van der Waals surface area contributed by atoms with Crippen molar-refractivity contribution >= 4 is 6.08 Å². The van der Waals surface area contributed by atoms with Gasteiger partial charge < -0.3 is 0 Å². The van der Waals surface area contributed by atoms with Crippen LogP contribution in [-0.4, -0.2) is 0 Å². The standard InChI is InChI=1S/C27H24F4/c1-17-7-15-22(26(30)24(17)28)20-11-8-18(9-12-20)10-13-21-14-16-23(27(31)25(21)29)19-5-3-2-4-6-19/h2-7,10,13-16,18,20H,8-9,11-12H2,1H3. The van der Waals surface area contributed by atoms with Crippen molar-refractivity contribution in [1.82, 2.24) is 0 Å². The molecule has 0 atom stereocenters. The Labute approximate surface area is 180 Å². The van der Waals surface area contributed by atoms with Crippen LogP contribution in [0, 0.1) is 36.1 Å². The Morgan fingerprint density at radius 3 is 2.13 bits per heavy atom. The van der Waals surface area contributed by atoms with Gasteiger partial charge in [-0.3, -0.25) is 0 Å². The van der Waals surface area contributed by atoms with Crippen LogP contribution in [-0.2, 0) is 0 Å². The van der Waals surface area contributed by atoms with Crippen LogP contribution < -0.4 is 0 Å². The summed E-state index contributed by atoms with van der Waals surface area (Å²) >= 11 is 0. The van der Waals surface area contributed by atoms with Crippen LogP contribution in [0.2, 0.25) is 0 Å². The van der Waals surface area contributed by atoms with Gasteiger partial charge in [0.2, 0.25) is 0 Å². The minimum Gasteiger partial charge on any atom is -0.203 e. The van der Waals surface area contributed by atoms with E-state index >= 15 is 0 Å². The van der Waals surface area contributed by atoms with Gasteiger partial charge in [0.05, 0.1) is 0 Å². The lowest BCUT2D eigenvalue weighted by Gasteiger charge is -2.27. The Hall–Kier alpha value is -2.88. The molecule has 0 N–H and O–H groups in total. The number of benzene rings is 3. The quantitative estimate of drug-likeness (QED) is 0.370. The predicted molar refractivity (Wildman–Crippen MR) is 117 cm³/mol. The zero-order valence-electron chi connectivity index (χ0n) is 17.3. The van der Waals surface area contributed by atoms with Crippen molar-refractivity contribution in [3.05, 3.63) is 101 Å². The summed E-state index contributed by atoms with van der Waals surface area (Å²) in [6.45, 7) is 1.55. The molecular formula is C27H24F4. The topological polar surface area (TPSA) is 0 Å². The summed E-state index contributed by atoms with van der Waals surface area (Å²) < 4.78 is 57.3. The summed E-state index contributed by atoms with van der Waals surface area (Å²) in [5.74, 6) is -3.03. The molecule has 0 amide bonds. The van der Waals surface area contributed by atoms with E-state index in [0.29, 0.717) is 16.7 Å². The van der Waals surface area contributed by atoms with Gasteiger partial charge >= 0.3 is 0 Å². The summed E-state index contributed by atoms with van der Waals surface area (Å²) in [5, 5.41) is 0. The Balaban J connectivity index is 1.44. The molecule has 4 heteroatoms. The fraction of sp³-hybridized carbons (Fsp3) is 0.259. The third-order valence-corrected chi connectivity index (χ3v) is 6.26. The highest BCUT2D eigenvalue weighted by Gasteiger charge is 2.25. The highest BCUT2D eigenvalue weighted by Crippen LogP contribution is 2.38. The first kappa shape index (κ1) is 21.4. The lowest BCUT2D eigenvalue weighted by atomic mass is 9.78. The third-order valence-electron chi connectivity index (χ3n) is 6.26. The average Bonchev–Trinajstić information content (AvgIpc) is 2.80. The van der Waals surface area contributed by atoms with E-state index in [9.17, 15) is 17.6 Å². The zero-order chi connectivity index (χ0) is 22.0. The van der Waals surface area contributed by atoms with E-state index < -0.39 is 23.3 Å². The first-order valence-electron chi connectivity index (χ1n) is 10.6. The molecule has 0 nitrogen and oxygen atoms in total. The molecule has 0 heterocycles. The Kier molecular flexibility index (Phi) is 6.26. The first-order valence-corrected chi connectivity index (χ1v) is 10.6. The average molecular weight is 424 g/mol. The number of halogens is 4. The molecule has 4 rings (SSSR count). The van der Waals surface area contributed by atoms with Crippen molar-refractivity contribution in [2.24, 2.45) is 5.92 Å². The van der Waals surface area contributed by atoms with Crippen molar-refractivity contribution in [3.8, 4) is 11.1 Å². The predicted octanol–water partition coefficient (Wildman–Crippen LogP) is 8.21. The fourth-order valence-electron chi connectivity index (χ4n) is 4.37. The molecule has 160 valence electrons. The summed E-state index contributed by atoms with van der Waals surface area (Å²) in [6.07, 6.45) is 6.59. The largest absolute Gasteiger partial charge is 0.203 e.